The molecule has 2 aromatic carbocycles. The number of carbonyl (C=O) groups is 1. The Hall–Kier alpha value is -3.12. The Balaban J connectivity index is 1.46. The van der Waals surface area contributed by atoms with E-state index in [9.17, 15) is 9.59 Å². The Bertz CT molecular complexity index is 1230. The Kier molecular flexibility index (Phi) is 6.54. The van der Waals surface area contributed by atoms with Crippen molar-refractivity contribution in [2.75, 3.05) is 13.1 Å². The Morgan fingerprint density at radius 1 is 1.03 bits per heavy atom. The average Bonchev–Trinajstić information content (AvgIpc) is 2.73. The molecule has 1 fully saturated rings. The third-order valence-electron chi connectivity index (χ3n) is 6.38. The van der Waals surface area contributed by atoms with Crippen molar-refractivity contribution in [2.24, 2.45) is 0 Å². The van der Waals surface area contributed by atoms with Crippen LogP contribution in [0, 0.1) is 6.92 Å². The summed E-state index contributed by atoms with van der Waals surface area (Å²) in [5.41, 5.74) is 3.55. The number of nitrogens with one attached hydrogen (secondary N) is 1. The van der Waals surface area contributed by atoms with Crippen molar-refractivity contribution in [3.05, 3.63) is 70.0 Å². The monoisotopic (exact) mass is 461 g/mol. The van der Waals surface area contributed by atoms with E-state index in [0.29, 0.717) is 5.39 Å². The molecule has 4 rings (SSSR count). The van der Waals surface area contributed by atoms with E-state index in [1.807, 2.05) is 50.8 Å². The second-order valence-electron chi connectivity index (χ2n) is 10.5. The molecule has 3 aromatic rings. The second-order valence-corrected chi connectivity index (χ2v) is 10.5. The summed E-state index contributed by atoms with van der Waals surface area (Å²) in [4.78, 5) is 32.5. The predicted octanol–water partition coefficient (Wildman–Crippen LogP) is 5.33. The molecule has 1 aliphatic heterocycles. The first-order chi connectivity index (χ1) is 16.0. The third kappa shape index (κ3) is 5.17. The van der Waals surface area contributed by atoms with Gasteiger partial charge in [0, 0.05) is 42.8 Å². The first-order valence-corrected chi connectivity index (χ1v) is 12.0. The minimum absolute atomic E-state index is 0.0638. The lowest BCUT2D eigenvalue weighted by atomic mass is 10.0. The summed E-state index contributed by atoms with van der Waals surface area (Å²) < 4.78 is 5.61. The number of fused-ring (bicyclic) bond motifs is 1. The number of rotatable bonds is 3. The van der Waals surface area contributed by atoms with Crippen molar-refractivity contribution in [3.8, 4) is 11.3 Å². The lowest BCUT2D eigenvalue weighted by molar-refractivity contribution is -0.0162. The van der Waals surface area contributed by atoms with Crippen molar-refractivity contribution in [1.29, 1.82) is 0 Å². The molecule has 1 N–H and O–H groups in total. The molecule has 34 heavy (non-hydrogen) atoms. The van der Waals surface area contributed by atoms with Crippen LogP contribution < -0.4 is 5.56 Å². The van der Waals surface area contributed by atoms with E-state index >= 15 is 0 Å². The van der Waals surface area contributed by atoms with E-state index in [1.165, 1.54) is 5.56 Å². The van der Waals surface area contributed by atoms with Crippen LogP contribution in [0.25, 0.3) is 22.0 Å². The Morgan fingerprint density at radius 2 is 1.68 bits per heavy atom. The van der Waals surface area contributed by atoms with Gasteiger partial charge in [0.15, 0.2) is 0 Å². The van der Waals surface area contributed by atoms with Gasteiger partial charge in [0.05, 0.1) is 0 Å². The molecular formula is C28H35N3O3. The molecule has 1 saturated heterocycles. The summed E-state index contributed by atoms with van der Waals surface area (Å²) in [7, 11) is 0. The molecular weight excluding hydrogens is 426 g/mol. The smallest absolute Gasteiger partial charge is 0.410 e. The van der Waals surface area contributed by atoms with E-state index in [2.05, 4.69) is 54.1 Å². The quantitative estimate of drug-likeness (QED) is 0.572. The fourth-order valence-corrected chi connectivity index (χ4v) is 4.88. The predicted molar refractivity (Wildman–Crippen MR) is 137 cm³/mol. The fourth-order valence-electron chi connectivity index (χ4n) is 4.88. The number of pyridine rings is 1. The number of piperazine rings is 1. The maximum Gasteiger partial charge on any atom is 0.410 e. The van der Waals surface area contributed by atoms with Gasteiger partial charge in [-0.3, -0.25) is 9.69 Å². The molecule has 0 spiro atoms. The molecule has 1 aliphatic rings. The largest absolute Gasteiger partial charge is 0.444 e. The van der Waals surface area contributed by atoms with Gasteiger partial charge < -0.3 is 14.6 Å². The molecule has 0 saturated carbocycles. The van der Waals surface area contributed by atoms with Crippen LogP contribution >= 0.6 is 0 Å². The van der Waals surface area contributed by atoms with Crippen LogP contribution in [0.4, 0.5) is 4.79 Å². The van der Waals surface area contributed by atoms with Crippen LogP contribution in [-0.4, -0.2) is 51.7 Å². The molecule has 6 nitrogen and oxygen atoms in total. The highest BCUT2D eigenvalue weighted by Crippen LogP contribution is 2.24. The highest BCUT2D eigenvalue weighted by molar-refractivity contribution is 5.87. The number of H-pyrrole nitrogens is 1. The molecule has 180 valence electrons. The van der Waals surface area contributed by atoms with Crippen molar-refractivity contribution in [2.45, 2.75) is 65.8 Å². The van der Waals surface area contributed by atoms with Gasteiger partial charge in [-0.2, -0.15) is 0 Å². The van der Waals surface area contributed by atoms with E-state index in [4.69, 9.17) is 4.74 Å². The van der Waals surface area contributed by atoms with E-state index < -0.39 is 5.60 Å². The van der Waals surface area contributed by atoms with Gasteiger partial charge in [0.25, 0.3) is 5.56 Å². The second kappa shape index (κ2) is 9.26. The number of aryl methyl sites for hydroxylation is 1. The first kappa shape index (κ1) is 24.0. The molecule has 0 aliphatic carbocycles. The Labute approximate surface area is 201 Å². The normalized spacial score (nSPS) is 19.4. The Morgan fingerprint density at radius 3 is 2.29 bits per heavy atom. The topological polar surface area (TPSA) is 65.6 Å². The molecule has 1 amide bonds. The van der Waals surface area contributed by atoms with Crippen LogP contribution in [0.3, 0.4) is 0 Å². The van der Waals surface area contributed by atoms with Gasteiger partial charge in [0.2, 0.25) is 0 Å². The number of aromatic nitrogens is 1. The summed E-state index contributed by atoms with van der Waals surface area (Å²) in [5.74, 6) is 0. The van der Waals surface area contributed by atoms with Gasteiger partial charge in [-0.15, -0.1) is 0 Å². The maximum atomic E-state index is 12.7. The maximum absolute atomic E-state index is 12.7. The minimum Gasteiger partial charge on any atom is -0.444 e. The standard InChI is InChI=1S/C28H35N3O3/c1-18-8-7-9-23-24(18)14-25(29-26(23)32)22-12-10-21(11-13-22)17-30-15-19(2)31(20(3)16-30)27(33)34-28(4,5)6/h7-14,19-20H,15-17H2,1-6H3,(H,29,32). The number of hydrogen-bond acceptors (Lipinski definition) is 4. The number of benzene rings is 2. The SMILES string of the molecule is Cc1cccc2c(=O)[nH]c(-c3ccc(CN4CC(C)N(C(=O)OC(C)(C)C)C(C)C4)cc3)cc12. The summed E-state index contributed by atoms with van der Waals surface area (Å²) in [6.07, 6.45) is -0.240. The summed E-state index contributed by atoms with van der Waals surface area (Å²) >= 11 is 0. The number of amides is 1. The summed E-state index contributed by atoms with van der Waals surface area (Å²) in [6, 6.07) is 16.4. The fraction of sp³-hybridized carbons (Fsp3) is 0.429. The van der Waals surface area contributed by atoms with Crippen LogP contribution in [0.2, 0.25) is 0 Å². The molecule has 2 heterocycles. The third-order valence-corrected chi connectivity index (χ3v) is 6.38. The van der Waals surface area contributed by atoms with Crippen molar-refractivity contribution < 1.29 is 9.53 Å². The van der Waals surface area contributed by atoms with Gasteiger partial charge in [0.1, 0.15) is 5.60 Å². The zero-order valence-electron chi connectivity index (χ0n) is 21.0. The molecule has 0 bridgehead atoms. The molecule has 1 aromatic heterocycles. The van der Waals surface area contributed by atoms with Gasteiger partial charge in [-0.05, 0) is 75.8 Å². The number of ether oxygens (including phenoxy) is 1. The lowest BCUT2D eigenvalue weighted by Crippen LogP contribution is -2.59. The van der Waals surface area contributed by atoms with Gasteiger partial charge >= 0.3 is 6.09 Å². The highest BCUT2D eigenvalue weighted by atomic mass is 16.6. The van der Waals surface area contributed by atoms with Crippen LogP contribution in [-0.2, 0) is 11.3 Å². The number of hydrogen-bond donors (Lipinski definition) is 1. The lowest BCUT2D eigenvalue weighted by Gasteiger charge is -2.44. The molecule has 0 radical (unpaired) electrons. The van der Waals surface area contributed by atoms with E-state index in [1.54, 1.807) is 0 Å². The number of aromatic amines is 1. The van der Waals surface area contributed by atoms with Gasteiger partial charge in [-0.1, -0.05) is 36.4 Å². The molecule has 2 atom stereocenters. The number of nitrogens with zero attached hydrogens (tertiary/aromatic N) is 2. The van der Waals surface area contributed by atoms with Crippen molar-refractivity contribution in [1.82, 2.24) is 14.8 Å². The minimum atomic E-state index is -0.497. The van der Waals surface area contributed by atoms with Crippen molar-refractivity contribution in [3.63, 3.8) is 0 Å². The van der Waals surface area contributed by atoms with Crippen LogP contribution in [0.1, 0.15) is 45.7 Å². The zero-order chi connectivity index (χ0) is 24.6. The summed E-state index contributed by atoms with van der Waals surface area (Å²) in [5, 5.41) is 1.70. The first-order valence-electron chi connectivity index (χ1n) is 12.0. The van der Waals surface area contributed by atoms with Gasteiger partial charge in [-0.25, -0.2) is 4.79 Å². The average molecular weight is 462 g/mol. The van der Waals surface area contributed by atoms with E-state index in [-0.39, 0.29) is 23.7 Å². The number of carbonyl (C=O) groups excluding carboxylic acids is 1. The van der Waals surface area contributed by atoms with Crippen LogP contribution in [0.15, 0.2) is 53.3 Å². The van der Waals surface area contributed by atoms with E-state index in [0.717, 1.165) is 41.8 Å². The van der Waals surface area contributed by atoms with Crippen molar-refractivity contribution >= 4 is 16.9 Å². The molecule has 6 heteroatoms. The van der Waals surface area contributed by atoms with Crippen LogP contribution in [0.5, 0.6) is 0 Å². The highest BCUT2D eigenvalue weighted by Gasteiger charge is 2.35. The zero-order valence-corrected chi connectivity index (χ0v) is 21.0. The summed E-state index contributed by atoms with van der Waals surface area (Å²) in [6.45, 7) is 14.3. The molecule has 2 unspecified atom stereocenters.